The van der Waals surface area contributed by atoms with Crippen molar-refractivity contribution in [2.24, 2.45) is 0 Å². The van der Waals surface area contributed by atoms with Crippen LogP contribution in [0.15, 0.2) is 67.3 Å². The second kappa shape index (κ2) is 5.97. The van der Waals surface area contributed by atoms with E-state index in [2.05, 4.69) is 50.6 Å². The third-order valence-corrected chi connectivity index (χ3v) is 4.72. The van der Waals surface area contributed by atoms with Gasteiger partial charge in [-0.05, 0) is 36.1 Å². The average molecular weight is 304 g/mol. The van der Waals surface area contributed by atoms with E-state index < -0.39 is 0 Å². The van der Waals surface area contributed by atoms with Gasteiger partial charge in [0.2, 0.25) is 0 Å². The molecule has 4 nitrogen and oxygen atoms in total. The number of pyridine rings is 1. The van der Waals surface area contributed by atoms with Crippen molar-refractivity contribution in [3.8, 4) is 0 Å². The number of H-pyrrole nitrogens is 1. The van der Waals surface area contributed by atoms with E-state index in [-0.39, 0.29) is 11.5 Å². The molecule has 2 N–H and O–H groups in total. The van der Waals surface area contributed by atoms with Gasteiger partial charge >= 0.3 is 0 Å². The minimum atomic E-state index is 0.0641. The van der Waals surface area contributed by atoms with E-state index in [0.717, 1.165) is 12.4 Å². The van der Waals surface area contributed by atoms with Crippen molar-refractivity contribution in [2.75, 3.05) is 6.54 Å². The van der Waals surface area contributed by atoms with Crippen LogP contribution in [-0.4, -0.2) is 21.5 Å². The summed E-state index contributed by atoms with van der Waals surface area (Å²) >= 11 is 0. The van der Waals surface area contributed by atoms with E-state index in [1.54, 1.807) is 6.20 Å². The summed E-state index contributed by atoms with van der Waals surface area (Å²) in [5.74, 6) is 0.945. The van der Waals surface area contributed by atoms with Crippen LogP contribution in [0.2, 0.25) is 0 Å². The first kappa shape index (κ1) is 14.2. The number of nitrogens with one attached hydrogen (secondary N) is 2. The van der Waals surface area contributed by atoms with Gasteiger partial charge in [-0.2, -0.15) is 0 Å². The monoisotopic (exact) mass is 304 g/mol. The van der Waals surface area contributed by atoms with Gasteiger partial charge in [-0.25, -0.2) is 4.98 Å². The molecule has 1 aliphatic rings. The first-order valence-electron chi connectivity index (χ1n) is 8.06. The van der Waals surface area contributed by atoms with E-state index in [0.29, 0.717) is 0 Å². The molecule has 3 aromatic rings. The Hall–Kier alpha value is -2.46. The average Bonchev–Trinajstić information content (AvgIpc) is 3.22. The van der Waals surface area contributed by atoms with Crippen LogP contribution in [0.5, 0.6) is 0 Å². The van der Waals surface area contributed by atoms with Crippen molar-refractivity contribution in [3.63, 3.8) is 0 Å². The summed E-state index contributed by atoms with van der Waals surface area (Å²) < 4.78 is 0. The van der Waals surface area contributed by atoms with Gasteiger partial charge in [-0.3, -0.25) is 4.98 Å². The Bertz CT molecular complexity index is 734. The molecule has 23 heavy (non-hydrogen) atoms. The van der Waals surface area contributed by atoms with Crippen molar-refractivity contribution in [3.05, 3.63) is 84.2 Å². The largest absolute Gasteiger partial charge is 0.347 e. The molecule has 0 unspecified atom stereocenters. The maximum absolute atomic E-state index is 4.45. The second-order valence-corrected chi connectivity index (χ2v) is 6.22. The van der Waals surface area contributed by atoms with Crippen molar-refractivity contribution >= 4 is 0 Å². The van der Waals surface area contributed by atoms with Crippen molar-refractivity contribution in [1.29, 1.82) is 0 Å². The molecule has 1 aliphatic carbocycles. The minimum Gasteiger partial charge on any atom is -0.347 e. The fourth-order valence-electron chi connectivity index (χ4n) is 3.17. The standard InChI is InChI=1S/C19H20N4/c1-2-4-16(5-3-1)19(8-9-19)14-23-17(18-21-12-13-22-18)15-6-10-20-11-7-15/h1-7,10-13,17,23H,8-9,14H2,(H,21,22)/t17-/m1/s1. The van der Waals surface area contributed by atoms with Gasteiger partial charge in [0, 0.05) is 36.7 Å². The van der Waals surface area contributed by atoms with Crippen LogP contribution in [-0.2, 0) is 5.41 Å². The molecule has 1 aromatic carbocycles. The maximum atomic E-state index is 4.45. The molecule has 1 atom stereocenters. The van der Waals surface area contributed by atoms with E-state index >= 15 is 0 Å². The highest BCUT2D eigenvalue weighted by molar-refractivity contribution is 5.32. The van der Waals surface area contributed by atoms with Gasteiger partial charge in [-0.1, -0.05) is 30.3 Å². The van der Waals surface area contributed by atoms with E-state index in [9.17, 15) is 0 Å². The number of aromatic nitrogens is 3. The zero-order valence-corrected chi connectivity index (χ0v) is 12.9. The quantitative estimate of drug-likeness (QED) is 0.735. The molecule has 4 rings (SSSR count). The lowest BCUT2D eigenvalue weighted by molar-refractivity contribution is 0.516. The SMILES string of the molecule is c1ccc(C2(CN[C@H](c3ccncc3)c3ncc[nH]3)CC2)cc1. The summed E-state index contributed by atoms with van der Waals surface area (Å²) in [6, 6.07) is 15.0. The van der Waals surface area contributed by atoms with Gasteiger partial charge in [0.15, 0.2) is 0 Å². The molecule has 0 amide bonds. The van der Waals surface area contributed by atoms with Crippen LogP contribution in [0.3, 0.4) is 0 Å². The molecule has 0 bridgehead atoms. The van der Waals surface area contributed by atoms with E-state index in [1.807, 2.05) is 30.7 Å². The van der Waals surface area contributed by atoms with Crippen molar-refractivity contribution in [1.82, 2.24) is 20.3 Å². The Kier molecular flexibility index (Phi) is 3.67. The van der Waals surface area contributed by atoms with E-state index in [1.165, 1.54) is 24.0 Å². The smallest absolute Gasteiger partial charge is 0.127 e. The zero-order valence-electron chi connectivity index (χ0n) is 12.9. The molecule has 1 saturated carbocycles. The summed E-state index contributed by atoms with van der Waals surface area (Å²) in [6.45, 7) is 0.949. The molecule has 1 fully saturated rings. The third kappa shape index (κ3) is 2.90. The number of benzene rings is 1. The number of hydrogen-bond acceptors (Lipinski definition) is 3. The Balaban J connectivity index is 1.55. The highest BCUT2D eigenvalue weighted by Crippen LogP contribution is 2.47. The van der Waals surface area contributed by atoms with Crippen molar-refractivity contribution < 1.29 is 0 Å². The third-order valence-electron chi connectivity index (χ3n) is 4.72. The Labute approximate surface area is 136 Å². The maximum Gasteiger partial charge on any atom is 0.127 e. The van der Waals surface area contributed by atoms with E-state index in [4.69, 9.17) is 0 Å². The van der Waals surface area contributed by atoms with Crippen LogP contribution >= 0.6 is 0 Å². The normalized spacial score (nSPS) is 16.9. The summed E-state index contributed by atoms with van der Waals surface area (Å²) in [5.41, 5.74) is 2.89. The van der Waals surface area contributed by atoms with Gasteiger partial charge in [0.05, 0.1) is 6.04 Å². The fourth-order valence-corrected chi connectivity index (χ4v) is 3.17. The summed E-state index contributed by atoms with van der Waals surface area (Å²) in [6.07, 6.45) is 9.81. The highest BCUT2D eigenvalue weighted by Gasteiger charge is 2.44. The van der Waals surface area contributed by atoms with Gasteiger partial charge in [-0.15, -0.1) is 0 Å². The lowest BCUT2D eigenvalue weighted by atomic mass is 9.95. The lowest BCUT2D eigenvalue weighted by Crippen LogP contribution is -2.31. The predicted molar refractivity (Wildman–Crippen MR) is 90.0 cm³/mol. The van der Waals surface area contributed by atoms with Gasteiger partial charge in [0.1, 0.15) is 5.82 Å². The Morgan fingerprint density at radius 2 is 1.83 bits per heavy atom. The molecule has 2 heterocycles. The van der Waals surface area contributed by atoms with Crippen molar-refractivity contribution in [2.45, 2.75) is 24.3 Å². The second-order valence-electron chi connectivity index (χ2n) is 6.22. The van der Waals surface area contributed by atoms with Crippen LogP contribution in [0.25, 0.3) is 0 Å². The summed E-state index contributed by atoms with van der Waals surface area (Å²) in [5, 5.41) is 3.72. The molecule has 116 valence electrons. The molecular weight excluding hydrogens is 284 g/mol. The minimum absolute atomic E-state index is 0.0641. The molecule has 0 aliphatic heterocycles. The molecule has 0 saturated heterocycles. The summed E-state index contributed by atoms with van der Waals surface area (Å²) in [7, 11) is 0. The first-order chi connectivity index (χ1) is 11.4. The fraction of sp³-hybridized carbons (Fsp3) is 0.263. The molecular formula is C19H20N4. The lowest BCUT2D eigenvalue weighted by Gasteiger charge is -2.22. The molecule has 0 spiro atoms. The number of imidazole rings is 1. The Morgan fingerprint density at radius 3 is 2.48 bits per heavy atom. The van der Waals surface area contributed by atoms with Crippen LogP contribution in [0.1, 0.15) is 35.8 Å². The number of rotatable bonds is 6. The van der Waals surface area contributed by atoms with Crippen LogP contribution < -0.4 is 5.32 Å². The number of aromatic amines is 1. The molecule has 4 heteroatoms. The summed E-state index contributed by atoms with van der Waals surface area (Å²) in [4.78, 5) is 11.8. The molecule has 0 radical (unpaired) electrons. The first-order valence-corrected chi connectivity index (χ1v) is 8.06. The van der Waals surface area contributed by atoms with Crippen LogP contribution in [0, 0.1) is 0 Å². The number of hydrogen-bond donors (Lipinski definition) is 2. The topological polar surface area (TPSA) is 53.6 Å². The van der Waals surface area contributed by atoms with Crippen LogP contribution in [0.4, 0.5) is 0 Å². The Morgan fingerprint density at radius 1 is 1.04 bits per heavy atom. The molecule has 2 aromatic heterocycles. The highest BCUT2D eigenvalue weighted by atomic mass is 15.0. The zero-order chi connectivity index (χ0) is 15.5. The predicted octanol–water partition coefficient (Wildman–Crippen LogP) is 3.22. The van der Waals surface area contributed by atoms with Gasteiger partial charge < -0.3 is 10.3 Å². The number of nitrogens with zero attached hydrogens (tertiary/aromatic N) is 2. The van der Waals surface area contributed by atoms with Gasteiger partial charge in [0.25, 0.3) is 0 Å².